The number of amides is 1. The summed E-state index contributed by atoms with van der Waals surface area (Å²) in [5.41, 5.74) is 0.809. The summed E-state index contributed by atoms with van der Waals surface area (Å²) in [6.45, 7) is 1.52. The van der Waals surface area contributed by atoms with Crippen LogP contribution < -0.4 is 5.32 Å². The zero-order chi connectivity index (χ0) is 18.8. The molecule has 4 nitrogen and oxygen atoms in total. The van der Waals surface area contributed by atoms with Crippen molar-refractivity contribution in [2.45, 2.75) is 19.3 Å². The fraction of sp³-hybridized carbons (Fsp3) is 0.238. The zero-order valence-electron chi connectivity index (χ0n) is 14.7. The SMILES string of the molecule is O=C(c1cnc(Nc2cc(F)cc(F)c2)c2ccccc12)N1CCCCC1. The summed E-state index contributed by atoms with van der Waals surface area (Å²) >= 11 is 0. The van der Waals surface area contributed by atoms with Gasteiger partial charge in [-0.3, -0.25) is 4.79 Å². The second-order valence-electron chi connectivity index (χ2n) is 6.70. The quantitative estimate of drug-likeness (QED) is 0.717. The average Bonchev–Trinajstić information content (AvgIpc) is 2.68. The van der Waals surface area contributed by atoms with Crippen LogP contribution in [0, 0.1) is 11.6 Å². The van der Waals surface area contributed by atoms with Crippen molar-refractivity contribution in [2.75, 3.05) is 18.4 Å². The summed E-state index contributed by atoms with van der Waals surface area (Å²) in [6, 6.07) is 10.6. The van der Waals surface area contributed by atoms with Gasteiger partial charge in [0, 0.05) is 36.4 Å². The first kappa shape index (κ1) is 17.4. The van der Waals surface area contributed by atoms with Crippen LogP contribution in [0.15, 0.2) is 48.7 Å². The van der Waals surface area contributed by atoms with Crippen LogP contribution in [0.5, 0.6) is 0 Å². The lowest BCUT2D eigenvalue weighted by molar-refractivity contribution is 0.0726. The Bertz CT molecular complexity index is 980. The summed E-state index contributed by atoms with van der Waals surface area (Å²) in [5.74, 6) is -0.912. The zero-order valence-corrected chi connectivity index (χ0v) is 14.7. The highest BCUT2D eigenvalue weighted by Gasteiger charge is 2.21. The number of benzene rings is 2. The number of fused-ring (bicyclic) bond motifs is 1. The summed E-state index contributed by atoms with van der Waals surface area (Å²) in [5, 5.41) is 4.45. The van der Waals surface area contributed by atoms with Crippen LogP contribution in [0.1, 0.15) is 29.6 Å². The van der Waals surface area contributed by atoms with Crippen molar-refractivity contribution in [1.82, 2.24) is 9.88 Å². The highest BCUT2D eigenvalue weighted by atomic mass is 19.1. The molecule has 2 aromatic carbocycles. The van der Waals surface area contributed by atoms with Gasteiger partial charge < -0.3 is 10.2 Å². The second kappa shape index (κ2) is 7.31. The molecule has 1 saturated heterocycles. The lowest BCUT2D eigenvalue weighted by Crippen LogP contribution is -2.35. The van der Waals surface area contributed by atoms with Gasteiger partial charge in [-0.25, -0.2) is 13.8 Å². The van der Waals surface area contributed by atoms with Gasteiger partial charge >= 0.3 is 0 Å². The van der Waals surface area contributed by atoms with Gasteiger partial charge in [-0.15, -0.1) is 0 Å². The maximum Gasteiger partial charge on any atom is 0.256 e. The van der Waals surface area contributed by atoms with E-state index in [4.69, 9.17) is 0 Å². The number of hydrogen-bond acceptors (Lipinski definition) is 3. The summed E-state index contributed by atoms with van der Waals surface area (Å²) in [7, 11) is 0. The minimum Gasteiger partial charge on any atom is -0.340 e. The third-order valence-electron chi connectivity index (χ3n) is 4.79. The van der Waals surface area contributed by atoms with Crippen molar-refractivity contribution >= 4 is 28.2 Å². The first-order valence-electron chi connectivity index (χ1n) is 9.02. The van der Waals surface area contributed by atoms with E-state index >= 15 is 0 Å². The lowest BCUT2D eigenvalue weighted by atomic mass is 10.0. The molecule has 2 heterocycles. The summed E-state index contributed by atoms with van der Waals surface area (Å²) < 4.78 is 26.9. The van der Waals surface area contributed by atoms with Gasteiger partial charge in [0.25, 0.3) is 5.91 Å². The Morgan fingerprint density at radius 1 is 0.963 bits per heavy atom. The third-order valence-corrected chi connectivity index (χ3v) is 4.79. The van der Waals surface area contributed by atoms with Crippen LogP contribution in [-0.2, 0) is 0 Å². The van der Waals surface area contributed by atoms with Gasteiger partial charge in [0.05, 0.1) is 5.56 Å². The Morgan fingerprint density at radius 3 is 2.33 bits per heavy atom. The number of carbonyl (C=O) groups excluding carboxylic acids is 1. The standard InChI is InChI=1S/C21H19F2N3O/c22-14-10-15(23)12-16(11-14)25-20-18-7-3-2-6-17(18)19(13-24-20)21(27)26-8-4-1-5-9-26/h2-3,6-7,10-13H,1,4-5,8-9H2,(H,24,25). The Labute approximate surface area is 155 Å². The van der Waals surface area contributed by atoms with E-state index in [9.17, 15) is 13.6 Å². The molecule has 0 atom stereocenters. The summed E-state index contributed by atoms with van der Waals surface area (Å²) in [4.78, 5) is 19.2. The Balaban J connectivity index is 1.72. The Kier molecular flexibility index (Phi) is 4.71. The van der Waals surface area contributed by atoms with Crippen molar-refractivity contribution in [1.29, 1.82) is 0 Å². The largest absolute Gasteiger partial charge is 0.340 e. The predicted molar refractivity (Wildman–Crippen MR) is 101 cm³/mol. The van der Waals surface area contributed by atoms with Crippen LogP contribution in [0.4, 0.5) is 20.3 Å². The molecule has 0 saturated carbocycles. The smallest absolute Gasteiger partial charge is 0.256 e. The topological polar surface area (TPSA) is 45.2 Å². The predicted octanol–water partition coefficient (Wildman–Crippen LogP) is 4.88. The number of nitrogens with one attached hydrogen (secondary N) is 1. The molecule has 27 heavy (non-hydrogen) atoms. The molecule has 3 aromatic rings. The molecule has 1 aromatic heterocycles. The fourth-order valence-electron chi connectivity index (χ4n) is 3.49. The molecule has 1 N–H and O–H groups in total. The molecular weight excluding hydrogens is 348 g/mol. The summed E-state index contributed by atoms with van der Waals surface area (Å²) in [6.07, 6.45) is 4.72. The van der Waals surface area contributed by atoms with Crippen molar-refractivity contribution < 1.29 is 13.6 Å². The van der Waals surface area contributed by atoms with E-state index in [0.29, 0.717) is 11.4 Å². The van der Waals surface area contributed by atoms with E-state index in [0.717, 1.165) is 49.2 Å². The lowest BCUT2D eigenvalue weighted by Gasteiger charge is -2.27. The van der Waals surface area contributed by atoms with Gasteiger partial charge in [0.15, 0.2) is 0 Å². The molecule has 0 unspecified atom stereocenters. The van der Waals surface area contributed by atoms with Gasteiger partial charge in [-0.05, 0) is 36.8 Å². The molecule has 1 amide bonds. The third kappa shape index (κ3) is 3.60. The van der Waals surface area contributed by atoms with Gasteiger partial charge in [0.2, 0.25) is 0 Å². The van der Waals surface area contributed by atoms with Gasteiger partial charge in [-0.1, -0.05) is 24.3 Å². The van der Waals surface area contributed by atoms with Crippen LogP contribution in [0.3, 0.4) is 0 Å². The molecule has 0 radical (unpaired) electrons. The van der Waals surface area contributed by atoms with E-state index in [2.05, 4.69) is 10.3 Å². The van der Waals surface area contributed by atoms with Crippen molar-refractivity contribution in [3.8, 4) is 0 Å². The normalized spacial score (nSPS) is 14.4. The first-order chi connectivity index (χ1) is 13.1. The average molecular weight is 367 g/mol. The van der Waals surface area contributed by atoms with Crippen molar-refractivity contribution in [3.63, 3.8) is 0 Å². The van der Waals surface area contributed by atoms with Crippen LogP contribution in [0.25, 0.3) is 10.8 Å². The Morgan fingerprint density at radius 2 is 1.63 bits per heavy atom. The number of pyridine rings is 1. The number of anilines is 2. The highest BCUT2D eigenvalue weighted by Crippen LogP contribution is 2.28. The monoisotopic (exact) mass is 367 g/mol. The van der Waals surface area contributed by atoms with Crippen LogP contribution >= 0.6 is 0 Å². The number of carbonyl (C=O) groups is 1. The molecule has 1 aliphatic rings. The number of piperidine rings is 1. The molecule has 6 heteroatoms. The Hall–Kier alpha value is -3.02. The van der Waals surface area contributed by atoms with Crippen molar-refractivity contribution in [2.24, 2.45) is 0 Å². The fourth-order valence-corrected chi connectivity index (χ4v) is 3.49. The minimum absolute atomic E-state index is 0.0262. The van der Waals surface area contributed by atoms with E-state index in [-0.39, 0.29) is 11.6 Å². The first-order valence-corrected chi connectivity index (χ1v) is 9.02. The van der Waals surface area contributed by atoms with Gasteiger partial charge in [-0.2, -0.15) is 0 Å². The number of rotatable bonds is 3. The maximum absolute atomic E-state index is 13.5. The highest BCUT2D eigenvalue weighted by molar-refractivity contribution is 6.09. The molecule has 4 rings (SSSR count). The maximum atomic E-state index is 13.5. The van der Waals surface area contributed by atoms with Gasteiger partial charge in [0.1, 0.15) is 17.5 Å². The molecular formula is C21H19F2N3O. The second-order valence-corrected chi connectivity index (χ2v) is 6.70. The van der Waals surface area contributed by atoms with E-state index in [1.165, 1.54) is 18.3 Å². The molecule has 138 valence electrons. The molecule has 1 fully saturated rings. The molecule has 0 bridgehead atoms. The molecule has 0 spiro atoms. The van der Waals surface area contributed by atoms with Crippen LogP contribution in [0.2, 0.25) is 0 Å². The number of likely N-dealkylation sites (tertiary alicyclic amines) is 1. The number of aromatic nitrogens is 1. The number of halogens is 2. The minimum atomic E-state index is -0.668. The van der Waals surface area contributed by atoms with E-state index < -0.39 is 11.6 Å². The van der Waals surface area contributed by atoms with E-state index in [1.54, 1.807) is 0 Å². The number of hydrogen-bond donors (Lipinski definition) is 1. The van der Waals surface area contributed by atoms with Crippen LogP contribution in [-0.4, -0.2) is 28.9 Å². The van der Waals surface area contributed by atoms with Crippen molar-refractivity contribution in [3.05, 3.63) is 65.9 Å². The number of nitrogens with zero attached hydrogens (tertiary/aromatic N) is 2. The molecule has 0 aliphatic carbocycles. The van der Waals surface area contributed by atoms with E-state index in [1.807, 2.05) is 29.2 Å². The molecule has 1 aliphatic heterocycles.